The van der Waals surface area contributed by atoms with Gasteiger partial charge in [0.1, 0.15) is 11.6 Å². The largest absolute Gasteiger partial charge is 0.340 e. The van der Waals surface area contributed by atoms with E-state index in [1.54, 1.807) is 60.7 Å². The molecule has 1 aliphatic heterocycles. The van der Waals surface area contributed by atoms with Crippen LogP contribution in [0.5, 0.6) is 0 Å². The van der Waals surface area contributed by atoms with E-state index >= 15 is 0 Å². The van der Waals surface area contributed by atoms with Gasteiger partial charge in [-0.05, 0) is 6.42 Å². The van der Waals surface area contributed by atoms with Gasteiger partial charge in [0.2, 0.25) is 0 Å². The number of aliphatic imine (C=N–C) groups is 1. The summed E-state index contributed by atoms with van der Waals surface area (Å²) >= 11 is 0. The predicted molar refractivity (Wildman–Crippen MR) is 123 cm³/mol. The van der Waals surface area contributed by atoms with Crippen LogP contribution in [0.15, 0.2) is 77.3 Å². The molecular weight excluding hydrogens is 420 g/mol. The molecule has 1 N–H and O–H groups in total. The van der Waals surface area contributed by atoms with Crippen molar-refractivity contribution < 1.29 is 24.0 Å². The van der Waals surface area contributed by atoms with Gasteiger partial charge in [-0.15, -0.1) is 0 Å². The van der Waals surface area contributed by atoms with Crippen molar-refractivity contribution in [3.8, 4) is 0 Å². The highest BCUT2D eigenvalue weighted by Gasteiger charge is 2.27. The summed E-state index contributed by atoms with van der Waals surface area (Å²) in [6.45, 7) is 0.0165. The lowest BCUT2D eigenvalue weighted by atomic mass is 9.88. The average Bonchev–Trinajstić information content (AvgIpc) is 2.84. The van der Waals surface area contributed by atoms with Crippen LogP contribution in [0, 0.1) is 5.92 Å². The van der Waals surface area contributed by atoms with Gasteiger partial charge in [-0.25, -0.2) is 9.79 Å². The van der Waals surface area contributed by atoms with Gasteiger partial charge in [0.05, 0.1) is 5.92 Å². The first-order chi connectivity index (χ1) is 16.0. The number of rotatable bonds is 4. The second-order valence-corrected chi connectivity index (χ2v) is 7.62. The lowest BCUT2D eigenvalue weighted by Gasteiger charge is -2.13. The molecule has 1 heterocycles. The molecule has 0 aromatic heterocycles. The van der Waals surface area contributed by atoms with Gasteiger partial charge in [0.25, 0.3) is 0 Å². The van der Waals surface area contributed by atoms with Crippen molar-refractivity contribution in [2.75, 3.05) is 6.54 Å². The van der Waals surface area contributed by atoms with Crippen molar-refractivity contribution in [1.82, 2.24) is 5.32 Å². The maximum atomic E-state index is 12.9. The summed E-state index contributed by atoms with van der Waals surface area (Å²) in [6, 6.07) is 16.2. The zero-order chi connectivity index (χ0) is 23.6. The van der Waals surface area contributed by atoms with Gasteiger partial charge in [-0.3, -0.25) is 19.2 Å². The van der Waals surface area contributed by atoms with E-state index in [4.69, 9.17) is 0 Å². The summed E-state index contributed by atoms with van der Waals surface area (Å²) in [5.74, 6) is -2.44. The van der Waals surface area contributed by atoms with Gasteiger partial charge in [0.15, 0.2) is 11.6 Å². The molecule has 0 saturated heterocycles. The molecule has 0 bridgehead atoms. The first-order valence-corrected chi connectivity index (χ1v) is 10.7. The molecule has 1 unspecified atom stereocenters. The second kappa shape index (κ2) is 11.6. The van der Waals surface area contributed by atoms with Crippen LogP contribution in [0.3, 0.4) is 0 Å². The normalized spacial score (nSPS) is 20.7. The third-order valence-corrected chi connectivity index (χ3v) is 5.28. The Bertz CT molecular complexity index is 1100. The molecule has 0 radical (unpaired) electrons. The van der Waals surface area contributed by atoms with E-state index in [0.717, 1.165) is 0 Å². The minimum Gasteiger partial charge on any atom is -0.333 e. The third-order valence-electron chi connectivity index (χ3n) is 5.28. The minimum atomic E-state index is -1.04. The fourth-order valence-electron chi connectivity index (χ4n) is 3.49. The molecule has 0 aliphatic carbocycles. The Morgan fingerprint density at radius 3 is 2.15 bits per heavy atom. The molecule has 0 fully saturated rings. The maximum Gasteiger partial charge on any atom is 0.340 e. The van der Waals surface area contributed by atoms with E-state index in [0.29, 0.717) is 11.1 Å². The summed E-state index contributed by atoms with van der Waals surface area (Å²) in [4.78, 5) is 67.0. The monoisotopic (exact) mass is 444 g/mol. The molecule has 0 saturated carbocycles. The number of carbonyl (C=O) groups is 5. The van der Waals surface area contributed by atoms with Gasteiger partial charge in [0, 0.05) is 48.7 Å². The van der Waals surface area contributed by atoms with Crippen LogP contribution in [-0.2, 0) is 9.59 Å². The number of nitrogens with zero attached hydrogens (tertiary/aromatic N) is 1. The third kappa shape index (κ3) is 6.74. The summed E-state index contributed by atoms with van der Waals surface area (Å²) in [6.07, 6.45) is 2.32. The molecule has 2 amide bonds. The topological polar surface area (TPSA) is 110 Å². The molecule has 1 aliphatic rings. The molecule has 3 rings (SSSR count). The first kappa shape index (κ1) is 23.7. The van der Waals surface area contributed by atoms with Crippen LogP contribution >= 0.6 is 0 Å². The fraction of sp³-hybridized carbons (Fsp3) is 0.231. The van der Waals surface area contributed by atoms with Crippen molar-refractivity contribution in [2.45, 2.75) is 25.7 Å². The predicted octanol–water partition coefficient (Wildman–Crippen LogP) is 3.79. The van der Waals surface area contributed by atoms with E-state index in [2.05, 4.69) is 10.3 Å². The Kier molecular flexibility index (Phi) is 8.30. The Balaban J connectivity index is 1.81. The Morgan fingerprint density at radius 1 is 0.848 bits per heavy atom. The van der Waals surface area contributed by atoms with E-state index in [9.17, 15) is 24.0 Å². The van der Waals surface area contributed by atoms with E-state index < -0.39 is 17.7 Å². The number of carbonyl (C=O) groups excluding carboxylic acids is 5. The van der Waals surface area contributed by atoms with E-state index in [-0.39, 0.29) is 55.2 Å². The van der Waals surface area contributed by atoms with Gasteiger partial charge in [-0.1, -0.05) is 66.7 Å². The van der Waals surface area contributed by atoms with Gasteiger partial charge in [-0.2, -0.15) is 0 Å². The summed E-state index contributed by atoms with van der Waals surface area (Å²) in [7, 11) is 0. The Morgan fingerprint density at radius 2 is 1.48 bits per heavy atom. The van der Waals surface area contributed by atoms with Crippen LogP contribution in [-0.4, -0.2) is 41.9 Å². The lowest BCUT2D eigenvalue weighted by molar-refractivity contribution is -0.125. The van der Waals surface area contributed by atoms with Crippen LogP contribution in [0.4, 0.5) is 4.79 Å². The molecule has 0 spiro atoms. The molecule has 1 atom stereocenters. The smallest absolute Gasteiger partial charge is 0.333 e. The van der Waals surface area contributed by atoms with Crippen LogP contribution in [0.1, 0.15) is 46.4 Å². The summed E-state index contributed by atoms with van der Waals surface area (Å²) in [5, 5.41) is 2.53. The molecule has 33 heavy (non-hydrogen) atoms. The molecule has 7 nitrogen and oxygen atoms in total. The van der Waals surface area contributed by atoms with Gasteiger partial charge >= 0.3 is 6.03 Å². The number of Topliss-reactive ketones (excluding diaryl/α,β-unsaturated/α-hetero) is 4. The molecule has 168 valence electrons. The number of ketones is 4. The molecule has 7 heteroatoms. The highest BCUT2D eigenvalue weighted by molar-refractivity contribution is 6.13. The fourth-order valence-corrected chi connectivity index (χ4v) is 3.49. The zero-order valence-corrected chi connectivity index (χ0v) is 18.0. The SMILES string of the molecule is O=C1CCC(=O)C(C(=O)c2ccccc2)C/C=N\C(=O)NC/C=C(\C(=O)c2ccccc2)C1. The van der Waals surface area contributed by atoms with Crippen molar-refractivity contribution in [1.29, 1.82) is 0 Å². The highest BCUT2D eigenvalue weighted by atomic mass is 16.2. The van der Waals surface area contributed by atoms with Crippen molar-refractivity contribution in [3.63, 3.8) is 0 Å². The standard InChI is InChI=1S/C26H24N2O5/c29-21-11-12-23(30)22(25(32)19-9-5-2-6-10-19)14-16-28-26(33)27-15-13-20(17-21)24(31)18-7-3-1-4-8-18/h1-10,13,16,22H,11-12,14-15,17H2,(H,27,33)/b20-13-,28-16-. The number of amides is 2. The minimum absolute atomic E-state index is 0.0165. The van der Waals surface area contributed by atoms with E-state index in [1.165, 1.54) is 12.3 Å². The maximum absolute atomic E-state index is 12.9. The van der Waals surface area contributed by atoms with E-state index in [1.807, 2.05) is 0 Å². The van der Waals surface area contributed by atoms with Crippen molar-refractivity contribution in [3.05, 3.63) is 83.4 Å². The number of hydrogen-bond donors (Lipinski definition) is 1. The van der Waals surface area contributed by atoms with Crippen LogP contribution in [0.25, 0.3) is 0 Å². The Hall–Kier alpha value is -4.00. The number of nitrogens with one attached hydrogen (secondary N) is 1. The lowest BCUT2D eigenvalue weighted by Crippen LogP contribution is -2.26. The average molecular weight is 444 g/mol. The quantitative estimate of drug-likeness (QED) is 0.570. The van der Waals surface area contributed by atoms with Crippen LogP contribution in [0.2, 0.25) is 0 Å². The number of hydrogen-bond acceptors (Lipinski definition) is 5. The second-order valence-electron chi connectivity index (χ2n) is 7.62. The first-order valence-electron chi connectivity index (χ1n) is 10.7. The summed E-state index contributed by atoms with van der Waals surface area (Å²) in [5.41, 5.74) is 1.03. The summed E-state index contributed by atoms with van der Waals surface area (Å²) < 4.78 is 0. The van der Waals surface area contributed by atoms with Crippen molar-refractivity contribution in [2.24, 2.45) is 10.9 Å². The highest BCUT2D eigenvalue weighted by Crippen LogP contribution is 2.18. The molecular formula is C26H24N2O5. The van der Waals surface area contributed by atoms with Crippen LogP contribution < -0.4 is 5.32 Å². The zero-order valence-electron chi connectivity index (χ0n) is 18.0. The van der Waals surface area contributed by atoms with Crippen molar-refractivity contribution >= 4 is 35.4 Å². The Labute approximate surface area is 191 Å². The van der Waals surface area contributed by atoms with Gasteiger partial charge < -0.3 is 5.32 Å². The number of benzene rings is 2. The number of allylic oxidation sites excluding steroid dienone is 1. The molecule has 2 aromatic carbocycles. The molecule has 2 aromatic rings. The number of urea groups is 1.